The van der Waals surface area contributed by atoms with Crippen LogP contribution in [0.4, 0.5) is 32.2 Å². The van der Waals surface area contributed by atoms with E-state index in [-0.39, 0.29) is 17.7 Å². The third-order valence-corrected chi connectivity index (χ3v) is 2.81. The number of alkyl halides is 7. The Hall–Kier alpha value is -0.700. The molecule has 0 amide bonds. The highest BCUT2D eigenvalue weighted by atomic mass is 79.9. The maximum absolute atomic E-state index is 12.4. The molecule has 0 spiro atoms. The van der Waals surface area contributed by atoms with E-state index in [0.717, 1.165) is 4.90 Å². The van der Waals surface area contributed by atoms with Gasteiger partial charge >= 0.3 is 12.4 Å². The minimum absolute atomic E-state index is 0.0996. The van der Waals surface area contributed by atoms with Crippen molar-refractivity contribution in [2.45, 2.75) is 12.4 Å². The van der Waals surface area contributed by atoms with Crippen LogP contribution in [0.5, 0.6) is 0 Å². The average Bonchev–Trinajstić information content (AvgIpc) is 2.25. The number of hydrogen-bond acceptors (Lipinski definition) is 2. The van der Waals surface area contributed by atoms with Crippen molar-refractivity contribution in [3.63, 3.8) is 0 Å². The SMILES string of the molecule is FC(F)(F)CN(CCBr)c1ncc(C(F)(F)F)cc1Cl. The van der Waals surface area contributed by atoms with Crippen LogP contribution in [-0.4, -0.2) is 29.6 Å². The van der Waals surface area contributed by atoms with Gasteiger partial charge in [-0.2, -0.15) is 26.3 Å². The van der Waals surface area contributed by atoms with Crippen molar-refractivity contribution in [2.75, 3.05) is 23.3 Å². The van der Waals surface area contributed by atoms with Crippen LogP contribution in [0.3, 0.4) is 0 Å². The number of nitrogens with zero attached hydrogens (tertiary/aromatic N) is 2. The summed E-state index contributed by atoms with van der Waals surface area (Å²) >= 11 is 8.57. The highest BCUT2D eigenvalue weighted by Gasteiger charge is 2.34. The Morgan fingerprint density at radius 3 is 2.20 bits per heavy atom. The van der Waals surface area contributed by atoms with E-state index >= 15 is 0 Å². The molecule has 0 unspecified atom stereocenters. The van der Waals surface area contributed by atoms with Gasteiger partial charge < -0.3 is 4.90 Å². The first-order valence-electron chi connectivity index (χ1n) is 5.15. The lowest BCUT2D eigenvalue weighted by Crippen LogP contribution is -2.36. The monoisotopic (exact) mass is 384 g/mol. The van der Waals surface area contributed by atoms with Crippen molar-refractivity contribution < 1.29 is 26.3 Å². The van der Waals surface area contributed by atoms with E-state index in [1.165, 1.54) is 0 Å². The molecule has 0 aromatic carbocycles. The second-order valence-corrected chi connectivity index (χ2v) is 4.95. The summed E-state index contributed by atoms with van der Waals surface area (Å²) in [6.45, 7) is -1.45. The summed E-state index contributed by atoms with van der Waals surface area (Å²) in [5, 5.41) is -0.299. The van der Waals surface area contributed by atoms with E-state index in [1.807, 2.05) is 0 Å². The molecule has 0 aliphatic heterocycles. The summed E-state index contributed by atoms with van der Waals surface area (Å²) in [4.78, 5) is 4.16. The quantitative estimate of drug-likeness (QED) is 0.560. The van der Waals surface area contributed by atoms with Crippen molar-refractivity contribution >= 4 is 33.3 Å². The van der Waals surface area contributed by atoms with Crippen molar-refractivity contribution in [3.8, 4) is 0 Å². The molecule has 20 heavy (non-hydrogen) atoms. The van der Waals surface area contributed by atoms with Crippen LogP contribution in [0.1, 0.15) is 5.56 Å². The first-order valence-corrected chi connectivity index (χ1v) is 6.65. The van der Waals surface area contributed by atoms with Gasteiger partial charge in [0.2, 0.25) is 0 Å². The molecule has 1 aromatic heterocycles. The van der Waals surface area contributed by atoms with Gasteiger partial charge in [-0.1, -0.05) is 27.5 Å². The first-order chi connectivity index (χ1) is 9.04. The Kier molecular flexibility index (Phi) is 5.54. The maximum Gasteiger partial charge on any atom is 0.417 e. The molecule has 2 nitrogen and oxygen atoms in total. The molecule has 0 atom stereocenters. The van der Waals surface area contributed by atoms with E-state index < -0.39 is 29.5 Å². The Balaban J connectivity index is 3.09. The molecule has 114 valence electrons. The smallest absolute Gasteiger partial charge is 0.345 e. The predicted molar refractivity (Wildman–Crippen MR) is 66.3 cm³/mol. The normalized spacial score (nSPS) is 12.6. The van der Waals surface area contributed by atoms with Gasteiger partial charge in [-0.15, -0.1) is 0 Å². The van der Waals surface area contributed by atoms with Crippen LogP contribution in [-0.2, 0) is 6.18 Å². The topological polar surface area (TPSA) is 16.1 Å². The fraction of sp³-hybridized carbons (Fsp3) is 0.500. The first kappa shape index (κ1) is 17.4. The lowest BCUT2D eigenvalue weighted by atomic mass is 10.2. The molecule has 0 saturated heterocycles. The molecule has 1 aromatic rings. The number of halogens is 8. The Bertz CT molecular complexity index is 462. The lowest BCUT2D eigenvalue weighted by Gasteiger charge is -2.25. The molecule has 0 saturated carbocycles. The van der Waals surface area contributed by atoms with Crippen molar-refractivity contribution in [1.29, 1.82) is 0 Å². The summed E-state index contributed by atoms with van der Waals surface area (Å²) < 4.78 is 74.5. The Morgan fingerprint density at radius 2 is 1.80 bits per heavy atom. The molecule has 1 rings (SSSR count). The van der Waals surface area contributed by atoms with Gasteiger partial charge in [-0.05, 0) is 6.07 Å². The Morgan fingerprint density at radius 1 is 1.20 bits per heavy atom. The van der Waals surface area contributed by atoms with E-state index in [1.54, 1.807) is 0 Å². The molecular weight excluding hydrogens is 377 g/mol. The van der Waals surface area contributed by atoms with E-state index in [2.05, 4.69) is 20.9 Å². The predicted octanol–water partition coefficient (Wildman–Crippen LogP) is 4.52. The summed E-state index contributed by atoms with van der Waals surface area (Å²) in [6.07, 6.45) is -8.71. The molecule has 0 aliphatic carbocycles. The van der Waals surface area contributed by atoms with Crippen molar-refractivity contribution in [2.24, 2.45) is 0 Å². The van der Waals surface area contributed by atoms with Gasteiger partial charge in [0.15, 0.2) is 0 Å². The molecule has 0 N–H and O–H groups in total. The molecule has 0 bridgehead atoms. The van der Waals surface area contributed by atoms with E-state index in [0.29, 0.717) is 12.3 Å². The molecular formula is C10H8BrClF6N2. The van der Waals surface area contributed by atoms with E-state index in [4.69, 9.17) is 11.6 Å². The fourth-order valence-electron chi connectivity index (χ4n) is 1.40. The van der Waals surface area contributed by atoms with Gasteiger partial charge in [0.25, 0.3) is 0 Å². The maximum atomic E-state index is 12.4. The molecule has 0 radical (unpaired) electrons. The van der Waals surface area contributed by atoms with Gasteiger partial charge in [-0.25, -0.2) is 4.98 Å². The zero-order valence-corrected chi connectivity index (χ0v) is 12.0. The van der Waals surface area contributed by atoms with Crippen LogP contribution >= 0.6 is 27.5 Å². The van der Waals surface area contributed by atoms with Crippen LogP contribution in [0.15, 0.2) is 12.3 Å². The fourth-order valence-corrected chi connectivity index (χ4v) is 2.11. The van der Waals surface area contributed by atoms with Gasteiger partial charge in [0.1, 0.15) is 12.4 Å². The summed E-state index contributed by atoms with van der Waals surface area (Å²) in [5.74, 6) is -0.337. The van der Waals surface area contributed by atoms with Crippen LogP contribution in [0.2, 0.25) is 5.02 Å². The second-order valence-electron chi connectivity index (χ2n) is 3.75. The number of hydrogen-bond donors (Lipinski definition) is 0. The number of pyridine rings is 1. The van der Waals surface area contributed by atoms with Gasteiger partial charge in [-0.3, -0.25) is 0 Å². The highest BCUT2D eigenvalue weighted by molar-refractivity contribution is 9.09. The standard InChI is InChI=1S/C10H8BrClF6N2/c11-1-2-20(5-9(13,14)15)8-7(12)3-6(4-19-8)10(16,17)18/h3-4H,1-2,5H2. The number of aromatic nitrogens is 1. The minimum Gasteiger partial charge on any atom is -0.345 e. The lowest BCUT2D eigenvalue weighted by molar-refractivity contribution is -0.137. The third-order valence-electron chi connectivity index (χ3n) is 2.17. The van der Waals surface area contributed by atoms with E-state index in [9.17, 15) is 26.3 Å². The number of anilines is 1. The zero-order valence-electron chi connectivity index (χ0n) is 9.69. The van der Waals surface area contributed by atoms with Crippen molar-refractivity contribution in [3.05, 3.63) is 22.8 Å². The van der Waals surface area contributed by atoms with Crippen LogP contribution in [0, 0.1) is 0 Å². The van der Waals surface area contributed by atoms with Crippen molar-refractivity contribution in [1.82, 2.24) is 4.98 Å². The Labute approximate surface area is 123 Å². The molecule has 0 fully saturated rings. The highest BCUT2D eigenvalue weighted by Crippen LogP contribution is 2.34. The largest absolute Gasteiger partial charge is 0.417 e. The molecule has 1 heterocycles. The summed E-state index contributed by atoms with van der Waals surface area (Å²) in [6, 6.07) is 0.557. The number of rotatable bonds is 4. The van der Waals surface area contributed by atoms with Gasteiger partial charge in [0, 0.05) is 18.1 Å². The third kappa shape index (κ3) is 5.01. The van der Waals surface area contributed by atoms with Gasteiger partial charge in [0.05, 0.1) is 10.6 Å². The average molecular weight is 386 g/mol. The summed E-state index contributed by atoms with van der Waals surface area (Å²) in [5.41, 5.74) is -1.11. The zero-order chi connectivity index (χ0) is 15.6. The molecule has 0 aliphatic rings. The second kappa shape index (κ2) is 6.38. The molecule has 10 heteroatoms. The van der Waals surface area contributed by atoms with Crippen LogP contribution < -0.4 is 4.90 Å². The minimum atomic E-state index is -4.65. The van der Waals surface area contributed by atoms with Crippen LogP contribution in [0.25, 0.3) is 0 Å². The summed E-state index contributed by atoms with van der Waals surface area (Å²) in [7, 11) is 0.